The lowest BCUT2D eigenvalue weighted by Crippen LogP contribution is -2.50. The summed E-state index contributed by atoms with van der Waals surface area (Å²) in [6.07, 6.45) is 0.988. The topological polar surface area (TPSA) is 84.7 Å². The second kappa shape index (κ2) is 12.2. The number of benzene rings is 3. The fraction of sp³-hybridized carbons (Fsp3) is 0.207. The van der Waals surface area contributed by atoms with Crippen LogP contribution >= 0.6 is 23.2 Å². The van der Waals surface area contributed by atoms with Gasteiger partial charge in [0.15, 0.2) is 6.10 Å². The molecule has 0 aliphatic rings. The van der Waals surface area contributed by atoms with Gasteiger partial charge in [-0.15, -0.1) is 0 Å². The van der Waals surface area contributed by atoms with E-state index < -0.39 is 24.0 Å². The lowest BCUT2D eigenvalue weighted by Gasteiger charge is -2.21. The quantitative estimate of drug-likeness (QED) is 0.215. The van der Waals surface area contributed by atoms with Crippen LogP contribution in [0.2, 0.25) is 10.0 Å². The van der Waals surface area contributed by atoms with E-state index in [2.05, 4.69) is 20.4 Å². The first kappa shape index (κ1) is 27.2. The van der Waals surface area contributed by atoms with E-state index >= 15 is 0 Å². The van der Waals surface area contributed by atoms with Crippen molar-refractivity contribution in [2.24, 2.45) is 12.1 Å². The molecular formula is C29H28Cl2N4O3. The Morgan fingerprint density at radius 2 is 1.74 bits per heavy atom. The van der Waals surface area contributed by atoms with Crippen molar-refractivity contribution in [3.05, 3.63) is 99.7 Å². The number of nitrogens with one attached hydrogen (secondary N) is 2. The minimum absolute atomic E-state index is 0.273. The van der Waals surface area contributed by atoms with Gasteiger partial charge in [0.2, 0.25) is 0 Å². The van der Waals surface area contributed by atoms with E-state index in [4.69, 9.17) is 27.9 Å². The number of aromatic nitrogens is 1. The fourth-order valence-electron chi connectivity index (χ4n) is 4.11. The molecule has 0 fully saturated rings. The lowest BCUT2D eigenvalue weighted by molar-refractivity contribution is -0.132. The summed E-state index contributed by atoms with van der Waals surface area (Å²) >= 11 is 12.1. The standard InChI is InChI=1S/C29H28Cl2N4O3/c1-18-23(22-11-7-8-12-26(22)35(18)3)17-32-34-29(37)25(15-20-9-5-4-6-10-20)33-28(36)19(2)38-27-14-13-21(30)16-24(27)31/h4-14,16-17,19,25H,15H2,1-3H3,(H,33,36)(H,34,37)/b32-17-/t19-,25+/m0/s1. The van der Waals surface area contributed by atoms with E-state index in [-0.39, 0.29) is 11.4 Å². The first-order chi connectivity index (χ1) is 18.2. The molecule has 196 valence electrons. The van der Waals surface area contributed by atoms with Crippen LogP contribution in [0.25, 0.3) is 10.9 Å². The summed E-state index contributed by atoms with van der Waals surface area (Å²) in [5.41, 5.74) is 6.48. The molecule has 0 unspecified atom stereocenters. The number of hydrogen-bond donors (Lipinski definition) is 2. The molecule has 38 heavy (non-hydrogen) atoms. The highest BCUT2D eigenvalue weighted by molar-refractivity contribution is 6.35. The van der Waals surface area contributed by atoms with Crippen LogP contribution in [0.4, 0.5) is 0 Å². The van der Waals surface area contributed by atoms with E-state index in [1.165, 1.54) is 6.07 Å². The molecule has 0 spiro atoms. The second-order valence-corrected chi connectivity index (χ2v) is 9.74. The minimum Gasteiger partial charge on any atom is -0.479 e. The molecule has 4 rings (SSSR count). The molecule has 0 saturated heterocycles. The molecule has 0 aliphatic carbocycles. The number of ether oxygens (including phenoxy) is 1. The molecule has 2 amide bonds. The number of aryl methyl sites for hydroxylation is 1. The van der Waals surface area contributed by atoms with Gasteiger partial charge in [-0.1, -0.05) is 71.7 Å². The highest BCUT2D eigenvalue weighted by Crippen LogP contribution is 2.28. The first-order valence-corrected chi connectivity index (χ1v) is 12.8. The smallest absolute Gasteiger partial charge is 0.262 e. The van der Waals surface area contributed by atoms with Crippen molar-refractivity contribution in [3.8, 4) is 5.75 Å². The number of rotatable bonds is 9. The molecular weight excluding hydrogens is 523 g/mol. The van der Waals surface area contributed by atoms with Gasteiger partial charge in [-0.25, -0.2) is 5.43 Å². The van der Waals surface area contributed by atoms with Gasteiger partial charge < -0.3 is 14.6 Å². The summed E-state index contributed by atoms with van der Waals surface area (Å²) in [5.74, 6) is -0.605. The van der Waals surface area contributed by atoms with E-state index in [9.17, 15) is 9.59 Å². The Balaban J connectivity index is 1.48. The summed E-state index contributed by atoms with van der Waals surface area (Å²) in [4.78, 5) is 26.2. The molecule has 2 atom stereocenters. The van der Waals surface area contributed by atoms with Crippen LogP contribution in [0.5, 0.6) is 5.75 Å². The molecule has 0 radical (unpaired) electrons. The Kier molecular flexibility index (Phi) is 8.71. The number of carbonyl (C=O) groups excluding carboxylic acids is 2. The van der Waals surface area contributed by atoms with Gasteiger partial charge in [0.05, 0.1) is 11.2 Å². The second-order valence-electron chi connectivity index (χ2n) is 8.90. The van der Waals surface area contributed by atoms with Crippen molar-refractivity contribution in [1.29, 1.82) is 0 Å². The number of amides is 2. The number of para-hydroxylation sites is 1. The maximum absolute atomic E-state index is 13.2. The first-order valence-electron chi connectivity index (χ1n) is 12.1. The van der Waals surface area contributed by atoms with Crippen LogP contribution in [0.1, 0.15) is 23.7 Å². The Hall–Kier alpha value is -3.81. The average molecular weight is 551 g/mol. The number of hydrogen-bond acceptors (Lipinski definition) is 4. The lowest BCUT2D eigenvalue weighted by atomic mass is 10.1. The van der Waals surface area contributed by atoms with Crippen molar-refractivity contribution in [2.75, 3.05) is 0 Å². The van der Waals surface area contributed by atoms with E-state index in [1.54, 1.807) is 25.3 Å². The van der Waals surface area contributed by atoms with Gasteiger partial charge in [-0.3, -0.25) is 9.59 Å². The van der Waals surface area contributed by atoms with Gasteiger partial charge in [0, 0.05) is 40.7 Å². The summed E-state index contributed by atoms with van der Waals surface area (Å²) in [6, 6.07) is 21.3. The highest BCUT2D eigenvalue weighted by atomic mass is 35.5. The molecule has 3 aromatic carbocycles. The Morgan fingerprint density at radius 3 is 2.47 bits per heavy atom. The van der Waals surface area contributed by atoms with Crippen molar-refractivity contribution < 1.29 is 14.3 Å². The predicted octanol–water partition coefficient (Wildman–Crippen LogP) is 5.44. The summed E-state index contributed by atoms with van der Waals surface area (Å²) < 4.78 is 7.80. The minimum atomic E-state index is -0.915. The van der Waals surface area contributed by atoms with Crippen LogP contribution in [0.15, 0.2) is 77.9 Å². The van der Waals surface area contributed by atoms with Gasteiger partial charge in [0.25, 0.3) is 11.8 Å². The summed E-state index contributed by atoms with van der Waals surface area (Å²) in [5, 5.41) is 8.78. The van der Waals surface area contributed by atoms with Crippen LogP contribution in [-0.4, -0.2) is 34.7 Å². The number of fused-ring (bicyclic) bond motifs is 1. The maximum atomic E-state index is 13.2. The number of hydrazone groups is 1. The maximum Gasteiger partial charge on any atom is 0.262 e. The molecule has 4 aromatic rings. The third-order valence-corrected chi connectivity index (χ3v) is 6.83. The zero-order chi connectivity index (χ0) is 27.2. The molecule has 7 nitrogen and oxygen atoms in total. The molecule has 0 aliphatic heterocycles. The number of halogens is 2. The monoisotopic (exact) mass is 550 g/mol. The van der Waals surface area contributed by atoms with E-state index in [0.29, 0.717) is 10.8 Å². The average Bonchev–Trinajstić information content (AvgIpc) is 3.15. The van der Waals surface area contributed by atoms with Crippen LogP contribution in [-0.2, 0) is 23.1 Å². The Morgan fingerprint density at radius 1 is 1.03 bits per heavy atom. The van der Waals surface area contributed by atoms with Gasteiger partial charge in [-0.2, -0.15) is 5.10 Å². The van der Waals surface area contributed by atoms with Crippen molar-refractivity contribution in [2.45, 2.75) is 32.4 Å². The summed E-state index contributed by atoms with van der Waals surface area (Å²) in [7, 11) is 1.99. The SMILES string of the molecule is Cc1c(/C=N\NC(=O)[C@@H](Cc2ccccc2)NC(=O)[C@H](C)Oc2ccc(Cl)cc2Cl)c2ccccc2n1C. The predicted molar refractivity (Wildman–Crippen MR) is 152 cm³/mol. The zero-order valence-electron chi connectivity index (χ0n) is 21.2. The molecule has 1 aromatic heterocycles. The van der Waals surface area contributed by atoms with Crippen LogP contribution in [0, 0.1) is 6.92 Å². The molecule has 0 saturated carbocycles. The third-order valence-electron chi connectivity index (χ3n) is 6.30. The van der Waals surface area contributed by atoms with Gasteiger partial charge >= 0.3 is 0 Å². The van der Waals surface area contributed by atoms with Crippen molar-refractivity contribution in [3.63, 3.8) is 0 Å². The Bertz CT molecular complexity index is 1480. The highest BCUT2D eigenvalue weighted by Gasteiger charge is 2.25. The molecule has 2 N–H and O–H groups in total. The van der Waals surface area contributed by atoms with Crippen molar-refractivity contribution >= 4 is 52.1 Å². The number of nitrogens with zero attached hydrogens (tertiary/aromatic N) is 2. The number of carbonyl (C=O) groups is 2. The largest absolute Gasteiger partial charge is 0.479 e. The van der Waals surface area contributed by atoms with E-state index in [1.807, 2.05) is 68.6 Å². The van der Waals surface area contributed by atoms with Crippen molar-refractivity contribution in [1.82, 2.24) is 15.3 Å². The molecule has 1 heterocycles. The van der Waals surface area contributed by atoms with Crippen LogP contribution in [0.3, 0.4) is 0 Å². The van der Waals surface area contributed by atoms with Gasteiger partial charge in [0.1, 0.15) is 11.8 Å². The van der Waals surface area contributed by atoms with Crippen LogP contribution < -0.4 is 15.5 Å². The Labute approximate surface area is 231 Å². The molecule has 9 heteroatoms. The molecule has 0 bridgehead atoms. The fourth-order valence-corrected chi connectivity index (χ4v) is 4.57. The third kappa shape index (κ3) is 6.36. The summed E-state index contributed by atoms with van der Waals surface area (Å²) in [6.45, 7) is 3.58. The van der Waals surface area contributed by atoms with Gasteiger partial charge in [-0.05, 0) is 43.7 Å². The van der Waals surface area contributed by atoms with E-state index in [0.717, 1.165) is 27.7 Å². The zero-order valence-corrected chi connectivity index (χ0v) is 22.8. The normalized spacial score (nSPS) is 12.9.